The van der Waals surface area contributed by atoms with Gasteiger partial charge >= 0.3 is 6.61 Å². The Kier molecular flexibility index (Phi) is 3.29. The number of halogens is 3. The molecule has 5 rings (SSSR count). The fourth-order valence-electron chi connectivity index (χ4n) is 4.39. The average molecular weight is 361 g/mol. The molecule has 2 aliphatic rings. The van der Waals surface area contributed by atoms with Gasteiger partial charge in [-0.1, -0.05) is 23.7 Å². The molecule has 2 bridgehead atoms. The van der Waals surface area contributed by atoms with Crippen LogP contribution >= 0.6 is 11.6 Å². The minimum atomic E-state index is -2.83. The molecule has 0 amide bonds. The molecule has 0 unspecified atom stereocenters. The molecule has 0 fully saturated rings. The van der Waals surface area contributed by atoms with Crippen molar-refractivity contribution in [3.63, 3.8) is 0 Å². The van der Waals surface area contributed by atoms with Gasteiger partial charge in [-0.2, -0.15) is 8.78 Å². The summed E-state index contributed by atoms with van der Waals surface area (Å²) in [5, 5.41) is 0.645. The van der Waals surface area contributed by atoms with E-state index in [2.05, 4.69) is 4.57 Å². The first-order valence-corrected chi connectivity index (χ1v) is 8.73. The molecule has 1 aliphatic heterocycles. The lowest BCUT2D eigenvalue weighted by atomic mass is 9.98. The Morgan fingerprint density at radius 2 is 2.12 bits per heavy atom. The van der Waals surface area contributed by atoms with Gasteiger partial charge in [-0.15, -0.1) is 0 Å². The number of hydrogen-bond acceptors (Lipinski definition) is 2. The average Bonchev–Trinajstić information content (AvgIpc) is 3.02. The second-order valence-electron chi connectivity index (χ2n) is 6.67. The van der Waals surface area contributed by atoms with Crippen molar-refractivity contribution in [3.8, 4) is 5.75 Å². The first kappa shape index (κ1) is 15.1. The Labute approximate surface area is 148 Å². The number of aryl methyl sites for hydroxylation is 1. The van der Waals surface area contributed by atoms with Crippen molar-refractivity contribution in [1.82, 2.24) is 9.55 Å². The minimum absolute atomic E-state index is 0.0454. The van der Waals surface area contributed by atoms with Gasteiger partial charge in [0.25, 0.3) is 0 Å². The zero-order valence-corrected chi connectivity index (χ0v) is 14.0. The van der Waals surface area contributed by atoms with Crippen LogP contribution < -0.4 is 4.74 Å². The Morgan fingerprint density at radius 1 is 1.24 bits per heavy atom. The van der Waals surface area contributed by atoms with Crippen LogP contribution in [0.15, 0.2) is 36.4 Å². The van der Waals surface area contributed by atoms with E-state index >= 15 is 0 Å². The van der Waals surface area contributed by atoms with Gasteiger partial charge < -0.3 is 9.30 Å². The summed E-state index contributed by atoms with van der Waals surface area (Å²) in [5.74, 6) is 1.62. The van der Waals surface area contributed by atoms with Crippen LogP contribution in [0, 0.1) is 0 Å². The summed E-state index contributed by atoms with van der Waals surface area (Å²) in [5.41, 5.74) is 3.79. The highest BCUT2D eigenvalue weighted by Gasteiger charge is 2.39. The monoisotopic (exact) mass is 360 g/mol. The van der Waals surface area contributed by atoms with Crippen LogP contribution in [0.2, 0.25) is 5.02 Å². The van der Waals surface area contributed by atoms with Gasteiger partial charge in [0.15, 0.2) is 0 Å². The Balaban J connectivity index is 1.76. The van der Waals surface area contributed by atoms with E-state index in [0.29, 0.717) is 10.9 Å². The molecule has 2 atom stereocenters. The molecule has 128 valence electrons. The largest absolute Gasteiger partial charge is 0.434 e. The molecule has 25 heavy (non-hydrogen) atoms. The lowest BCUT2D eigenvalue weighted by molar-refractivity contribution is -0.0507. The minimum Gasteiger partial charge on any atom is -0.434 e. The number of fused-ring (bicyclic) bond motifs is 9. The molecule has 3 aromatic rings. The van der Waals surface area contributed by atoms with Crippen molar-refractivity contribution in [2.24, 2.45) is 0 Å². The smallest absolute Gasteiger partial charge is 0.387 e. The molecule has 0 radical (unpaired) electrons. The number of ether oxygens (including phenoxy) is 1. The van der Waals surface area contributed by atoms with Gasteiger partial charge in [-0.3, -0.25) is 0 Å². The van der Waals surface area contributed by atoms with Gasteiger partial charge in [0, 0.05) is 16.5 Å². The zero-order valence-electron chi connectivity index (χ0n) is 13.3. The third kappa shape index (κ3) is 2.25. The summed E-state index contributed by atoms with van der Waals surface area (Å²) in [6.45, 7) is -2.83. The fraction of sp³-hybridized carbons (Fsp3) is 0.316. The molecule has 0 saturated heterocycles. The van der Waals surface area contributed by atoms with Gasteiger partial charge in [-0.25, -0.2) is 4.98 Å². The molecule has 1 aromatic heterocycles. The summed E-state index contributed by atoms with van der Waals surface area (Å²) < 4.78 is 32.9. The van der Waals surface area contributed by atoms with Crippen molar-refractivity contribution < 1.29 is 13.5 Å². The fourth-order valence-corrected chi connectivity index (χ4v) is 4.56. The van der Waals surface area contributed by atoms with Crippen LogP contribution in [-0.4, -0.2) is 16.2 Å². The summed E-state index contributed by atoms with van der Waals surface area (Å²) >= 11 is 6.19. The first-order valence-electron chi connectivity index (χ1n) is 8.36. The van der Waals surface area contributed by atoms with Gasteiger partial charge in [0.05, 0.1) is 17.1 Å². The lowest BCUT2D eigenvalue weighted by Crippen LogP contribution is -2.13. The summed E-state index contributed by atoms with van der Waals surface area (Å²) in [6.07, 6.45) is 2.67. The summed E-state index contributed by atoms with van der Waals surface area (Å²) in [7, 11) is 0. The Bertz CT molecular complexity index is 985. The molecule has 6 heteroatoms. The predicted octanol–water partition coefficient (Wildman–Crippen LogP) is 5.31. The maximum Gasteiger partial charge on any atom is 0.387 e. The Morgan fingerprint density at radius 3 is 2.96 bits per heavy atom. The highest BCUT2D eigenvalue weighted by atomic mass is 35.5. The van der Waals surface area contributed by atoms with Crippen LogP contribution in [0.25, 0.3) is 11.0 Å². The van der Waals surface area contributed by atoms with E-state index in [1.54, 1.807) is 12.1 Å². The number of nitrogens with zero attached hydrogens (tertiary/aromatic N) is 2. The standard InChI is InChI=1S/C19H15ClF2N2O/c20-12-6-7-13-14(9-12)24-15-8-11(18(24)23-13)5-4-10-2-1-3-16(17(10)15)25-19(21)22/h1-3,6-7,9,11,15,19H,4-5,8H2/t11-,15-/m1/s1. The van der Waals surface area contributed by atoms with Crippen LogP contribution in [0.1, 0.15) is 41.8 Å². The van der Waals surface area contributed by atoms with E-state index < -0.39 is 6.61 Å². The number of alkyl halides is 2. The maximum absolute atomic E-state index is 12.9. The van der Waals surface area contributed by atoms with Crippen molar-refractivity contribution in [2.45, 2.75) is 37.8 Å². The second-order valence-corrected chi connectivity index (χ2v) is 7.10. The third-order valence-corrected chi connectivity index (χ3v) is 5.57. The number of benzene rings is 2. The highest BCUT2D eigenvalue weighted by molar-refractivity contribution is 6.31. The van der Waals surface area contributed by atoms with E-state index in [4.69, 9.17) is 21.3 Å². The van der Waals surface area contributed by atoms with Crippen molar-refractivity contribution in [2.75, 3.05) is 0 Å². The highest BCUT2D eigenvalue weighted by Crippen LogP contribution is 2.50. The topological polar surface area (TPSA) is 27.1 Å². The van der Waals surface area contributed by atoms with Crippen LogP contribution in [0.3, 0.4) is 0 Å². The first-order chi connectivity index (χ1) is 12.1. The molecule has 1 aliphatic carbocycles. The second kappa shape index (κ2) is 5.43. The number of aromatic nitrogens is 2. The molecular weight excluding hydrogens is 346 g/mol. The zero-order chi connectivity index (χ0) is 17.1. The summed E-state index contributed by atoms with van der Waals surface area (Å²) in [6, 6.07) is 11.0. The maximum atomic E-state index is 12.9. The van der Waals surface area contributed by atoms with Crippen molar-refractivity contribution >= 4 is 22.6 Å². The number of imidazole rings is 1. The van der Waals surface area contributed by atoms with Gasteiger partial charge in [0.2, 0.25) is 0 Å². The molecule has 2 heterocycles. The summed E-state index contributed by atoms with van der Waals surface area (Å²) in [4.78, 5) is 4.80. The van der Waals surface area contributed by atoms with Crippen LogP contribution in [0.5, 0.6) is 5.75 Å². The van der Waals surface area contributed by atoms with E-state index in [1.807, 2.05) is 24.3 Å². The Hall–Kier alpha value is -2.14. The van der Waals surface area contributed by atoms with Crippen LogP contribution in [-0.2, 0) is 6.42 Å². The molecule has 0 spiro atoms. The normalized spacial score (nSPS) is 21.3. The number of rotatable bonds is 2. The van der Waals surface area contributed by atoms with E-state index in [1.165, 1.54) is 0 Å². The van der Waals surface area contributed by atoms with Crippen molar-refractivity contribution in [1.29, 1.82) is 0 Å². The van der Waals surface area contributed by atoms with E-state index in [9.17, 15) is 8.78 Å². The predicted molar refractivity (Wildman–Crippen MR) is 91.6 cm³/mol. The molecule has 0 N–H and O–H groups in total. The van der Waals surface area contributed by atoms with E-state index in [0.717, 1.165) is 47.2 Å². The molecule has 3 nitrogen and oxygen atoms in total. The molecule has 2 aromatic carbocycles. The van der Waals surface area contributed by atoms with Gasteiger partial charge in [0.1, 0.15) is 11.6 Å². The third-order valence-electron chi connectivity index (χ3n) is 5.33. The van der Waals surface area contributed by atoms with Gasteiger partial charge in [-0.05, 0) is 49.1 Å². The van der Waals surface area contributed by atoms with Crippen molar-refractivity contribution in [3.05, 3.63) is 58.4 Å². The number of hydrogen-bond donors (Lipinski definition) is 0. The SMILES string of the molecule is FC(F)Oc1cccc2c1[C@H]1C[C@@H](CC2)c2nc3ccc(Cl)cc3n21. The van der Waals surface area contributed by atoms with E-state index in [-0.39, 0.29) is 11.8 Å². The molecule has 0 saturated carbocycles. The quantitative estimate of drug-likeness (QED) is 0.619. The lowest BCUT2D eigenvalue weighted by Gasteiger charge is -2.21. The molecular formula is C19H15ClF2N2O. The van der Waals surface area contributed by atoms with Crippen LogP contribution in [0.4, 0.5) is 8.78 Å².